The van der Waals surface area contributed by atoms with E-state index in [9.17, 15) is 9.59 Å². The smallest absolute Gasteiger partial charge is 0.245 e. The van der Waals surface area contributed by atoms with Crippen molar-refractivity contribution in [3.8, 4) is 0 Å². The van der Waals surface area contributed by atoms with Gasteiger partial charge in [0.15, 0.2) is 0 Å². The summed E-state index contributed by atoms with van der Waals surface area (Å²) in [5.74, 6) is 2.01. The van der Waals surface area contributed by atoms with Gasteiger partial charge in [0.1, 0.15) is 6.04 Å². The van der Waals surface area contributed by atoms with Crippen molar-refractivity contribution in [3.05, 3.63) is 0 Å². The second kappa shape index (κ2) is 7.84. The van der Waals surface area contributed by atoms with Gasteiger partial charge < -0.3 is 15.1 Å². The molecule has 0 radical (unpaired) electrons. The first-order valence-electron chi connectivity index (χ1n) is 8.85. The molecule has 3 atom stereocenters. The number of nitrogens with one attached hydrogen (secondary N) is 1. The molecule has 0 aromatic rings. The second-order valence-corrected chi connectivity index (χ2v) is 7.61. The lowest BCUT2D eigenvalue weighted by Gasteiger charge is -2.36. The fourth-order valence-electron chi connectivity index (χ4n) is 4.21. The molecule has 3 heterocycles. The van der Waals surface area contributed by atoms with E-state index >= 15 is 0 Å². The highest BCUT2D eigenvalue weighted by atomic mass is 35.5. The normalized spacial score (nSPS) is 28.7. The Morgan fingerprint density at radius 2 is 1.87 bits per heavy atom. The van der Waals surface area contributed by atoms with Gasteiger partial charge in [-0.3, -0.25) is 9.59 Å². The van der Waals surface area contributed by atoms with Crippen molar-refractivity contribution in [2.45, 2.75) is 45.6 Å². The average molecular weight is 344 g/mol. The lowest BCUT2D eigenvalue weighted by Crippen LogP contribution is -2.52. The van der Waals surface area contributed by atoms with E-state index in [1.165, 1.54) is 0 Å². The van der Waals surface area contributed by atoms with Gasteiger partial charge in [0.25, 0.3) is 0 Å². The van der Waals surface area contributed by atoms with Crippen molar-refractivity contribution in [1.82, 2.24) is 15.1 Å². The van der Waals surface area contributed by atoms with E-state index in [0.717, 1.165) is 52.0 Å². The number of rotatable bonds is 4. The Kier molecular flexibility index (Phi) is 6.32. The van der Waals surface area contributed by atoms with Crippen LogP contribution in [0.1, 0.15) is 39.5 Å². The Bertz CT molecular complexity index is 432. The molecule has 5 nitrogen and oxygen atoms in total. The highest BCUT2D eigenvalue weighted by Crippen LogP contribution is 2.29. The van der Waals surface area contributed by atoms with Gasteiger partial charge >= 0.3 is 0 Å². The number of amides is 2. The first kappa shape index (κ1) is 18.5. The predicted molar refractivity (Wildman–Crippen MR) is 92.5 cm³/mol. The molecule has 1 unspecified atom stereocenters. The summed E-state index contributed by atoms with van der Waals surface area (Å²) in [5.41, 5.74) is 0. The first-order chi connectivity index (χ1) is 10.6. The minimum atomic E-state index is -0.236. The Hall–Kier alpha value is -0.810. The van der Waals surface area contributed by atoms with Crippen LogP contribution in [-0.2, 0) is 9.59 Å². The number of piperidine rings is 1. The maximum atomic E-state index is 13.1. The zero-order valence-electron chi connectivity index (χ0n) is 14.3. The number of likely N-dealkylation sites (tertiary alicyclic amines) is 2. The van der Waals surface area contributed by atoms with E-state index in [2.05, 4.69) is 19.2 Å². The first-order valence-corrected chi connectivity index (χ1v) is 8.85. The maximum absolute atomic E-state index is 13.1. The van der Waals surface area contributed by atoms with Crippen LogP contribution in [0.2, 0.25) is 0 Å². The molecular weight excluding hydrogens is 314 g/mol. The minimum Gasteiger partial charge on any atom is -0.340 e. The van der Waals surface area contributed by atoms with Gasteiger partial charge in [-0.2, -0.15) is 0 Å². The monoisotopic (exact) mass is 343 g/mol. The number of carbonyl (C=O) groups excluding carboxylic acids is 2. The molecule has 132 valence electrons. The molecule has 23 heavy (non-hydrogen) atoms. The molecule has 3 saturated heterocycles. The molecule has 0 bridgehead atoms. The third-order valence-electron chi connectivity index (χ3n) is 5.42. The number of fused-ring (bicyclic) bond motifs is 1. The van der Waals surface area contributed by atoms with Crippen molar-refractivity contribution < 1.29 is 9.59 Å². The lowest BCUT2D eigenvalue weighted by molar-refractivity contribution is -0.147. The van der Waals surface area contributed by atoms with Crippen molar-refractivity contribution >= 4 is 24.2 Å². The molecule has 0 saturated carbocycles. The molecule has 3 aliphatic rings. The fraction of sp³-hybridized carbons (Fsp3) is 0.882. The predicted octanol–water partition coefficient (Wildman–Crippen LogP) is 1.51. The van der Waals surface area contributed by atoms with Crippen LogP contribution in [0.25, 0.3) is 0 Å². The van der Waals surface area contributed by atoms with E-state index in [4.69, 9.17) is 0 Å². The van der Waals surface area contributed by atoms with E-state index in [0.29, 0.717) is 24.2 Å². The van der Waals surface area contributed by atoms with Gasteiger partial charge in [0.2, 0.25) is 11.8 Å². The van der Waals surface area contributed by atoms with Gasteiger partial charge in [0.05, 0.1) is 0 Å². The highest BCUT2D eigenvalue weighted by molar-refractivity contribution is 5.88. The summed E-state index contributed by atoms with van der Waals surface area (Å²) < 4.78 is 0. The number of hydrogen-bond donors (Lipinski definition) is 1. The van der Waals surface area contributed by atoms with Crippen LogP contribution in [0, 0.1) is 17.8 Å². The number of nitrogens with zero attached hydrogens (tertiary/aromatic N) is 2. The zero-order valence-corrected chi connectivity index (χ0v) is 15.1. The molecule has 2 amide bonds. The Balaban J connectivity index is 0.00000192. The van der Waals surface area contributed by atoms with Crippen molar-refractivity contribution in [3.63, 3.8) is 0 Å². The maximum Gasteiger partial charge on any atom is 0.245 e. The van der Waals surface area contributed by atoms with Crippen LogP contribution in [0.15, 0.2) is 0 Å². The van der Waals surface area contributed by atoms with Crippen LogP contribution in [0.5, 0.6) is 0 Å². The molecule has 0 aromatic heterocycles. The van der Waals surface area contributed by atoms with E-state index < -0.39 is 0 Å². The molecule has 3 rings (SSSR count). The zero-order chi connectivity index (χ0) is 15.7. The molecule has 6 heteroatoms. The summed E-state index contributed by atoms with van der Waals surface area (Å²) in [6.07, 6.45) is 3.39. The molecule has 1 N–H and O–H groups in total. The summed E-state index contributed by atoms with van der Waals surface area (Å²) in [5, 5.41) is 3.41. The van der Waals surface area contributed by atoms with E-state index in [1.807, 2.05) is 9.80 Å². The van der Waals surface area contributed by atoms with Crippen LogP contribution in [-0.4, -0.2) is 60.4 Å². The van der Waals surface area contributed by atoms with E-state index in [1.54, 1.807) is 0 Å². The third-order valence-corrected chi connectivity index (χ3v) is 5.42. The molecule has 0 aromatic carbocycles. The molecule has 0 spiro atoms. The molecule has 3 fully saturated rings. The van der Waals surface area contributed by atoms with Gasteiger partial charge in [0, 0.05) is 39.1 Å². The number of hydrogen-bond acceptors (Lipinski definition) is 3. The van der Waals surface area contributed by atoms with Gasteiger partial charge in [-0.15, -0.1) is 12.4 Å². The second-order valence-electron chi connectivity index (χ2n) is 7.61. The van der Waals surface area contributed by atoms with Crippen LogP contribution in [0.3, 0.4) is 0 Å². The van der Waals surface area contributed by atoms with E-state index in [-0.39, 0.29) is 30.3 Å². The van der Waals surface area contributed by atoms with Gasteiger partial charge in [-0.1, -0.05) is 13.8 Å². The Morgan fingerprint density at radius 3 is 2.43 bits per heavy atom. The molecule has 3 aliphatic heterocycles. The fourth-order valence-corrected chi connectivity index (χ4v) is 4.21. The summed E-state index contributed by atoms with van der Waals surface area (Å²) in [4.78, 5) is 29.3. The quantitative estimate of drug-likeness (QED) is 0.842. The Morgan fingerprint density at radius 1 is 1.22 bits per heavy atom. The standard InChI is InChI=1S/C17H29N3O2.ClH/c1-12(2)7-15(20-6-4-3-5-16(20)21)17(22)19-10-13-8-18-9-14(13)11-19;/h12-15,18H,3-11H2,1-2H3;1H/t13-,14+,15?;. The minimum absolute atomic E-state index is 0. The van der Waals surface area contributed by atoms with Crippen molar-refractivity contribution in [2.24, 2.45) is 17.8 Å². The Labute approximate surface area is 145 Å². The highest BCUT2D eigenvalue weighted by Gasteiger charge is 2.42. The molecule has 0 aliphatic carbocycles. The third kappa shape index (κ3) is 4.00. The van der Waals surface area contributed by atoms with Crippen LogP contribution < -0.4 is 5.32 Å². The number of carbonyl (C=O) groups is 2. The summed E-state index contributed by atoms with van der Waals surface area (Å²) in [6.45, 7) is 8.83. The van der Waals surface area contributed by atoms with Gasteiger partial charge in [-0.05, 0) is 37.0 Å². The van der Waals surface area contributed by atoms with Crippen molar-refractivity contribution in [2.75, 3.05) is 32.7 Å². The lowest BCUT2D eigenvalue weighted by atomic mass is 9.98. The van der Waals surface area contributed by atoms with Crippen LogP contribution in [0.4, 0.5) is 0 Å². The van der Waals surface area contributed by atoms with Crippen molar-refractivity contribution in [1.29, 1.82) is 0 Å². The summed E-state index contributed by atoms with van der Waals surface area (Å²) in [7, 11) is 0. The average Bonchev–Trinajstić information content (AvgIpc) is 3.06. The molecular formula is C17H30ClN3O2. The summed E-state index contributed by atoms with van der Waals surface area (Å²) >= 11 is 0. The largest absolute Gasteiger partial charge is 0.340 e. The van der Waals surface area contributed by atoms with Crippen LogP contribution >= 0.6 is 12.4 Å². The topological polar surface area (TPSA) is 52.7 Å². The number of halogens is 1. The summed E-state index contributed by atoms with van der Waals surface area (Å²) in [6, 6.07) is -0.236. The van der Waals surface area contributed by atoms with Gasteiger partial charge in [-0.25, -0.2) is 0 Å². The SMILES string of the molecule is CC(C)CC(C(=O)N1C[C@H]2CNC[C@H]2C1)N1CCCCC1=O.Cl.